The van der Waals surface area contributed by atoms with E-state index in [1.807, 2.05) is 38.8 Å². The van der Waals surface area contributed by atoms with Gasteiger partial charge in [-0.2, -0.15) is 10.5 Å². The van der Waals surface area contributed by atoms with Crippen molar-refractivity contribution in [2.75, 3.05) is 19.1 Å². The van der Waals surface area contributed by atoms with Gasteiger partial charge in [0.25, 0.3) is 5.56 Å². The van der Waals surface area contributed by atoms with Crippen LogP contribution in [0.5, 0.6) is 0 Å². The number of aromatic nitrogens is 2. The molecule has 0 amide bonds. The third-order valence-electron chi connectivity index (χ3n) is 7.30. The predicted molar refractivity (Wildman–Crippen MR) is 151 cm³/mol. The summed E-state index contributed by atoms with van der Waals surface area (Å²) in [5, 5.41) is 24.0. The third kappa shape index (κ3) is 5.68. The molecule has 2 aromatic heterocycles. The van der Waals surface area contributed by atoms with E-state index in [0.29, 0.717) is 36.0 Å². The standard InChI is InChI=1S/C30H33FN6O3/c1-30(2,3)40-35-26(18-7-10-20(31)11-8-18)19-9-13-23(25(15-19)39-6)36(4)28-22(17-33)29(38)37(5)24-14-12-21(16-32)34-27(24)28/h7-8,10-12,14,19,23,25H,9,13,15H2,1-6H3/b35-26+/t19-,23-,25-/m1/s1. The normalized spacial score (nSPS) is 19.6. The van der Waals surface area contributed by atoms with Crippen molar-refractivity contribution in [3.05, 3.63) is 69.4 Å². The summed E-state index contributed by atoms with van der Waals surface area (Å²) in [5.41, 5.74) is 2.02. The van der Waals surface area contributed by atoms with Gasteiger partial charge in [0.15, 0.2) is 0 Å². The van der Waals surface area contributed by atoms with Gasteiger partial charge in [0.1, 0.15) is 40.3 Å². The maximum atomic E-state index is 13.7. The Kier molecular flexibility index (Phi) is 8.22. The molecule has 3 atom stereocenters. The van der Waals surface area contributed by atoms with Gasteiger partial charge < -0.3 is 19.0 Å². The van der Waals surface area contributed by atoms with Crippen molar-refractivity contribution in [1.82, 2.24) is 9.55 Å². The number of benzene rings is 1. The van der Waals surface area contributed by atoms with E-state index in [-0.39, 0.29) is 35.1 Å². The number of methoxy groups -OCH3 is 1. The number of halogens is 1. The second-order valence-corrected chi connectivity index (χ2v) is 11.0. The van der Waals surface area contributed by atoms with Crippen molar-refractivity contribution in [3.8, 4) is 12.1 Å². The topological polar surface area (TPSA) is 117 Å². The highest BCUT2D eigenvalue weighted by molar-refractivity contribution is 6.02. The Morgan fingerprint density at radius 1 is 1.15 bits per heavy atom. The van der Waals surface area contributed by atoms with Crippen molar-refractivity contribution >= 4 is 22.4 Å². The Morgan fingerprint density at radius 2 is 1.85 bits per heavy atom. The highest BCUT2D eigenvalue weighted by atomic mass is 19.1. The molecule has 9 nitrogen and oxygen atoms in total. The number of rotatable bonds is 6. The summed E-state index contributed by atoms with van der Waals surface area (Å²) in [4.78, 5) is 25.3. The van der Waals surface area contributed by atoms with Crippen LogP contribution in [-0.2, 0) is 16.6 Å². The third-order valence-corrected chi connectivity index (χ3v) is 7.30. The Morgan fingerprint density at radius 3 is 2.45 bits per heavy atom. The number of nitriles is 2. The molecule has 0 radical (unpaired) electrons. The van der Waals surface area contributed by atoms with Crippen LogP contribution in [-0.4, -0.2) is 47.2 Å². The second kappa shape index (κ2) is 11.4. The number of oxime groups is 1. The molecule has 1 saturated carbocycles. The Balaban J connectivity index is 1.74. The van der Waals surface area contributed by atoms with Gasteiger partial charge in [0.2, 0.25) is 0 Å². The number of pyridine rings is 2. The van der Waals surface area contributed by atoms with Crippen molar-refractivity contribution in [2.45, 2.75) is 57.8 Å². The number of hydrogen-bond acceptors (Lipinski definition) is 8. The SMILES string of the molecule is CO[C@@H]1C[C@H](/C(=N/OC(C)(C)C)c2ccc(F)cc2)CC[C@H]1N(C)c1c(C#N)c(=O)n(C)c2ccc(C#N)nc12. The van der Waals surface area contributed by atoms with Crippen LogP contribution in [0.2, 0.25) is 0 Å². The van der Waals surface area contributed by atoms with Gasteiger partial charge in [-0.3, -0.25) is 4.79 Å². The lowest BCUT2D eigenvalue weighted by Crippen LogP contribution is -2.48. The van der Waals surface area contributed by atoms with Crippen LogP contribution in [0.25, 0.3) is 11.0 Å². The summed E-state index contributed by atoms with van der Waals surface area (Å²) in [7, 11) is 5.04. The van der Waals surface area contributed by atoms with Crippen molar-refractivity contribution in [3.63, 3.8) is 0 Å². The fourth-order valence-corrected chi connectivity index (χ4v) is 5.29. The number of aryl methyl sites for hydroxylation is 1. The molecule has 40 heavy (non-hydrogen) atoms. The van der Waals surface area contributed by atoms with E-state index < -0.39 is 11.2 Å². The molecule has 0 bridgehead atoms. The lowest BCUT2D eigenvalue weighted by atomic mass is 9.78. The van der Waals surface area contributed by atoms with E-state index in [1.165, 1.54) is 16.7 Å². The zero-order valence-electron chi connectivity index (χ0n) is 23.6. The van der Waals surface area contributed by atoms with Crippen LogP contribution in [0.1, 0.15) is 56.9 Å². The Bertz CT molecular complexity index is 1580. The molecule has 3 aromatic rings. The first-order valence-electron chi connectivity index (χ1n) is 13.1. The highest BCUT2D eigenvalue weighted by Crippen LogP contribution is 2.36. The van der Waals surface area contributed by atoms with Crippen LogP contribution >= 0.6 is 0 Å². The van der Waals surface area contributed by atoms with Gasteiger partial charge in [-0.15, -0.1) is 0 Å². The minimum Gasteiger partial charge on any atom is -0.390 e. The zero-order valence-corrected chi connectivity index (χ0v) is 23.6. The fourth-order valence-electron chi connectivity index (χ4n) is 5.29. The summed E-state index contributed by atoms with van der Waals surface area (Å²) in [6.07, 6.45) is 1.64. The van der Waals surface area contributed by atoms with E-state index in [4.69, 9.17) is 9.57 Å². The van der Waals surface area contributed by atoms with E-state index in [1.54, 1.807) is 38.4 Å². The number of nitrogens with zero attached hydrogens (tertiary/aromatic N) is 6. The quantitative estimate of drug-likeness (QED) is 0.327. The molecule has 0 unspecified atom stereocenters. The van der Waals surface area contributed by atoms with Crippen LogP contribution in [0.4, 0.5) is 10.1 Å². The molecule has 2 heterocycles. The molecule has 0 N–H and O–H groups in total. The van der Waals surface area contributed by atoms with Crippen molar-refractivity contribution < 1.29 is 14.0 Å². The molecule has 1 aromatic carbocycles. The predicted octanol–water partition coefficient (Wildman–Crippen LogP) is 4.66. The number of ether oxygens (including phenoxy) is 1. The largest absolute Gasteiger partial charge is 0.390 e. The van der Waals surface area contributed by atoms with E-state index in [9.17, 15) is 19.7 Å². The summed E-state index contributed by atoms with van der Waals surface area (Å²) < 4.78 is 21.0. The maximum Gasteiger partial charge on any atom is 0.270 e. The van der Waals surface area contributed by atoms with Gasteiger partial charge in [-0.1, -0.05) is 17.3 Å². The van der Waals surface area contributed by atoms with E-state index >= 15 is 0 Å². The van der Waals surface area contributed by atoms with Gasteiger partial charge in [-0.05, 0) is 69.9 Å². The molecule has 10 heteroatoms. The van der Waals surface area contributed by atoms with Gasteiger partial charge in [0, 0.05) is 27.1 Å². The highest BCUT2D eigenvalue weighted by Gasteiger charge is 2.38. The fraction of sp³-hybridized carbons (Fsp3) is 0.433. The van der Waals surface area contributed by atoms with Gasteiger partial charge >= 0.3 is 0 Å². The molecule has 208 valence electrons. The first-order chi connectivity index (χ1) is 19.0. The smallest absolute Gasteiger partial charge is 0.270 e. The molecule has 0 aliphatic heterocycles. The molecular weight excluding hydrogens is 511 g/mol. The molecule has 1 fully saturated rings. The van der Waals surface area contributed by atoms with Crippen molar-refractivity contribution in [2.24, 2.45) is 18.1 Å². The second-order valence-electron chi connectivity index (χ2n) is 11.0. The van der Waals surface area contributed by atoms with Gasteiger partial charge in [0.05, 0.1) is 29.1 Å². The first-order valence-corrected chi connectivity index (χ1v) is 13.1. The summed E-state index contributed by atoms with van der Waals surface area (Å²) in [6.45, 7) is 5.74. The van der Waals surface area contributed by atoms with Crippen molar-refractivity contribution in [1.29, 1.82) is 10.5 Å². The Hall–Kier alpha value is -4.28. The Labute approximate surface area is 233 Å². The molecular formula is C30H33FN6O3. The lowest BCUT2D eigenvalue weighted by molar-refractivity contribution is -0.00136. The molecule has 4 rings (SSSR count). The summed E-state index contributed by atoms with van der Waals surface area (Å²) >= 11 is 0. The monoisotopic (exact) mass is 544 g/mol. The van der Waals surface area contributed by atoms with E-state index in [2.05, 4.69) is 16.2 Å². The van der Waals surface area contributed by atoms with Crippen LogP contribution in [0, 0.1) is 34.4 Å². The number of hydrogen-bond donors (Lipinski definition) is 0. The maximum absolute atomic E-state index is 13.7. The summed E-state index contributed by atoms with van der Waals surface area (Å²) in [6, 6.07) is 13.3. The minimum atomic E-state index is -0.507. The van der Waals surface area contributed by atoms with Crippen LogP contribution in [0.15, 0.2) is 46.3 Å². The van der Waals surface area contributed by atoms with E-state index in [0.717, 1.165) is 11.3 Å². The number of fused-ring (bicyclic) bond motifs is 1. The lowest BCUT2D eigenvalue weighted by Gasteiger charge is -2.41. The average molecular weight is 545 g/mol. The summed E-state index contributed by atoms with van der Waals surface area (Å²) in [5.74, 6) is -0.371. The number of likely N-dealkylation sites (N-methyl/N-ethyl adjacent to an activating group) is 1. The zero-order chi connectivity index (χ0) is 29.2. The average Bonchev–Trinajstić information content (AvgIpc) is 2.94. The molecule has 1 aliphatic rings. The minimum absolute atomic E-state index is 0.0378. The first kappa shape index (κ1) is 28.7. The molecule has 0 saturated heterocycles. The van der Waals surface area contributed by atoms with Crippen LogP contribution < -0.4 is 10.5 Å². The molecule has 0 spiro atoms. The van der Waals surface area contributed by atoms with Gasteiger partial charge in [-0.25, -0.2) is 9.37 Å². The molecule has 1 aliphatic carbocycles. The number of anilines is 1. The van der Waals surface area contributed by atoms with Crippen LogP contribution in [0.3, 0.4) is 0 Å².